The van der Waals surface area contributed by atoms with Gasteiger partial charge in [0.1, 0.15) is 6.61 Å². The molecule has 0 aliphatic heterocycles. The number of ether oxygens (including phenoxy) is 3. The second-order valence-electron chi connectivity index (χ2n) is 18.7. The Morgan fingerprint density at radius 2 is 0.600 bits per heavy atom. The highest BCUT2D eigenvalue weighted by molar-refractivity contribution is 5.70. The summed E-state index contributed by atoms with van der Waals surface area (Å²) in [5, 5.41) is 0. The van der Waals surface area contributed by atoms with E-state index in [1.165, 1.54) is 83.5 Å². The van der Waals surface area contributed by atoms with Crippen LogP contribution in [0.2, 0.25) is 0 Å². The summed E-state index contributed by atoms with van der Waals surface area (Å²) in [6, 6.07) is 0. The molecular weight excluding hydrogens is 861 g/mol. The predicted molar refractivity (Wildman–Crippen MR) is 306 cm³/mol. The van der Waals surface area contributed by atoms with E-state index in [2.05, 4.69) is 142 Å². The summed E-state index contributed by atoms with van der Waals surface area (Å²) in [7, 11) is 0. The van der Waals surface area contributed by atoms with E-state index in [9.17, 15) is 9.59 Å². The summed E-state index contributed by atoms with van der Waals surface area (Å²) in [6.45, 7) is 7.46. The van der Waals surface area contributed by atoms with Gasteiger partial charge in [0.2, 0.25) is 0 Å². The highest BCUT2D eigenvalue weighted by Gasteiger charge is 2.17. The lowest BCUT2D eigenvalue weighted by molar-refractivity contribution is -0.163. The molecule has 0 aromatic heterocycles. The fraction of sp³-hybridized carbons (Fsp3) is 0.662. The van der Waals surface area contributed by atoms with Gasteiger partial charge in [0, 0.05) is 19.4 Å². The molecule has 70 heavy (non-hydrogen) atoms. The van der Waals surface area contributed by atoms with Gasteiger partial charge in [0.05, 0.1) is 6.61 Å². The van der Waals surface area contributed by atoms with Crippen molar-refractivity contribution in [1.29, 1.82) is 0 Å². The standard InChI is InChI=1S/C65H108O5/c1-4-7-10-13-16-19-22-25-28-31-32-33-36-39-42-45-48-51-54-57-60-68-61-63(70-65(67)59-56-53-50-47-44-41-38-35-30-27-24-21-18-15-12-9-6-3)62-69-64(66)58-55-52-49-46-43-40-37-34-29-26-23-20-17-14-11-8-5-2/h7-12,16-21,25-30,32-33,63H,4-6,13-15,22-24,31,34-62H2,1-3H3/b10-7-,11-8-,12-9-,19-16-,20-17-,21-18-,28-25-,29-26-,30-27-,33-32-. The van der Waals surface area contributed by atoms with Crippen molar-refractivity contribution in [3.63, 3.8) is 0 Å². The van der Waals surface area contributed by atoms with Crippen molar-refractivity contribution in [2.45, 2.75) is 258 Å². The van der Waals surface area contributed by atoms with E-state index in [4.69, 9.17) is 14.2 Å². The second kappa shape index (κ2) is 59.6. The van der Waals surface area contributed by atoms with E-state index in [-0.39, 0.29) is 25.2 Å². The lowest BCUT2D eigenvalue weighted by Gasteiger charge is -2.18. The number of hydrogen-bond acceptors (Lipinski definition) is 5. The van der Waals surface area contributed by atoms with Crippen molar-refractivity contribution in [3.8, 4) is 0 Å². The summed E-state index contributed by atoms with van der Waals surface area (Å²) < 4.78 is 17.5. The zero-order valence-electron chi connectivity index (χ0n) is 45.7. The molecule has 0 fully saturated rings. The molecule has 0 saturated heterocycles. The average Bonchev–Trinajstić information content (AvgIpc) is 3.36. The third kappa shape index (κ3) is 56.9. The van der Waals surface area contributed by atoms with Crippen molar-refractivity contribution >= 4 is 11.9 Å². The molecule has 1 unspecified atom stereocenters. The molecular formula is C65H108O5. The van der Waals surface area contributed by atoms with Gasteiger partial charge in [-0.2, -0.15) is 0 Å². The van der Waals surface area contributed by atoms with E-state index in [1.807, 2.05) is 0 Å². The Morgan fingerprint density at radius 3 is 0.957 bits per heavy atom. The van der Waals surface area contributed by atoms with E-state index >= 15 is 0 Å². The maximum atomic E-state index is 12.9. The van der Waals surface area contributed by atoms with Crippen molar-refractivity contribution < 1.29 is 23.8 Å². The minimum absolute atomic E-state index is 0.0645. The first-order chi connectivity index (χ1) is 34.6. The van der Waals surface area contributed by atoms with Crippen LogP contribution in [0.3, 0.4) is 0 Å². The van der Waals surface area contributed by atoms with Crippen LogP contribution >= 0.6 is 0 Å². The molecule has 0 aliphatic carbocycles. The number of hydrogen-bond donors (Lipinski definition) is 0. The van der Waals surface area contributed by atoms with Gasteiger partial charge in [-0.25, -0.2) is 0 Å². The van der Waals surface area contributed by atoms with Gasteiger partial charge in [-0.1, -0.05) is 239 Å². The van der Waals surface area contributed by atoms with Crippen LogP contribution in [0.1, 0.15) is 252 Å². The number of carbonyl (C=O) groups excluding carboxylic acids is 2. The van der Waals surface area contributed by atoms with Gasteiger partial charge in [-0.3, -0.25) is 9.59 Å². The molecule has 0 saturated carbocycles. The minimum Gasteiger partial charge on any atom is -0.462 e. The van der Waals surface area contributed by atoms with Gasteiger partial charge >= 0.3 is 11.9 Å². The summed E-state index contributed by atoms with van der Waals surface area (Å²) in [5.74, 6) is -0.428. The molecule has 0 aromatic carbocycles. The van der Waals surface area contributed by atoms with Crippen LogP contribution in [0.4, 0.5) is 0 Å². The zero-order valence-corrected chi connectivity index (χ0v) is 45.7. The van der Waals surface area contributed by atoms with E-state index < -0.39 is 6.10 Å². The van der Waals surface area contributed by atoms with Crippen LogP contribution in [0, 0.1) is 0 Å². The Kier molecular flexibility index (Phi) is 56.5. The summed E-state index contributed by atoms with van der Waals surface area (Å²) in [4.78, 5) is 25.6. The van der Waals surface area contributed by atoms with Crippen molar-refractivity contribution in [3.05, 3.63) is 122 Å². The maximum Gasteiger partial charge on any atom is 0.306 e. The van der Waals surface area contributed by atoms with Crippen LogP contribution in [-0.4, -0.2) is 37.9 Å². The van der Waals surface area contributed by atoms with Gasteiger partial charge in [-0.05, 0) is 122 Å². The highest BCUT2D eigenvalue weighted by atomic mass is 16.6. The van der Waals surface area contributed by atoms with E-state index in [0.29, 0.717) is 19.4 Å². The molecule has 0 amide bonds. The molecule has 5 nitrogen and oxygen atoms in total. The summed E-state index contributed by atoms with van der Waals surface area (Å²) in [5.41, 5.74) is 0. The fourth-order valence-corrected chi connectivity index (χ4v) is 7.77. The van der Waals surface area contributed by atoms with E-state index in [1.54, 1.807) is 0 Å². The quantitative estimate of drug-likeness (QED) is 0.0345. The van der Waals surface area contributed by atoms with Crippen molar-refractivity contribution in [2.24, 2.45) is 0 Å². The monoisotopic (exact) mass is 969 g/mol. The molecule has 0 rings (SSSR count). The lowest BCUT2D eigenvalue weighted by atomic mass is 10.1. The molecule has 0 radical (unpaired) electrons. The number of esters is 2. The van der Waals surface area contributed by atoms with Gasteiger partial charge in [0.15, 0.2) is 6.10 Å². The maximum absolute atomic E-state index is 12.9. The third-order valence-corrected chi connectivity index (χ3v) is 12.0. The Bertz CT molecular complexity index is 1420. The molecule has 5 heteroatoms. The number of unbranched alkanes of at least 4 members (excludes halogenated alkanes) is 21. The topological polar surface area (TPSA) is 61.8 Å². The van der Waals surface area contributed by atoms with Gasteiger partial charge in [-0.15, -0.1) is 0 Å². The van der Waals surface area contributed by atoms with Gasteiger partial charge < -0.3 is 14.2 Å². The third-order valence-electron chi connectivity index (χ3n) is 12.0. The predicted octanol–water partition coefficient (Wildman–Crippen LogP) is 20.1. The lowest BCUT2D eigenvalue weighted by Crippen LogP contribution is -2.30. The molecule has 398 valence electrons. The smallest absolute Gasteiger partial charge is 0.306 e. The minimum atomic E-state index is -0.561. The zero-order chi connectivity index (χ0) is 50.6. The van der Waals surface area contributed by atoms with Crippen molar-refractivity contribution in [2.75, 3.05) is 19.8 Å². The molecule has 0 aromatic rings. The first kappa shape index (κ1) is 66.3. The molecule has 1 atom stereocenters. The normalized spacial score (nSPS) is 13.1. The number of allylic oxidation sites excluding steroid dienone is 20. The largest absolute Gasteiger partial charge is 0.462 e. The molecule has 0 spiro atoms. The second-order valence-corrected chi connectivity index (χ2v) is 18.7. The van der Waals surface area contributed by atoms with Crippen LogP contribution in [0.25, 0.3) is 0 Å². The Hall–Kier alpha value is -3.70. The molecule has 0 aliphatic rings. The van der Waals surface area contributed by atoms with Gasteiger partial charge in [0.25, 0.3) is 0 Å². The van der Waals surface area contributed by atoms with Crippen LogP contribution in [0.5, 0.6) is 0 Å². The highest BCUT2D eigenvalue weighted by Crippen LogP contribution is 2.14. The van der Waals surface area contributed by atoms with Crippen LogP contribution in [-0.2, 0) is 23.8 Å². The fourth-order valence-electron chi connectivity index (χ4n) is 7.77. The Morgan fingerprint density at radius 1 is 0.314 bits per heavy atom. The van der Waals surface area contributed by atoms with E-state index in [0.717, 1.165) is 135 Å². The number of carbonyl (C=O) groups is 2. The average molecular weight is 970 g/mol. The van der Waals surface area contributed by atoms with Crippen LogP contribution < -0.4 is 0 Å². The first-order valence-electron chi connectivity index (χ1n) is 29.1. The van der Waals surface area contributed by atoms with Crippen molar-refractivity contribution in [1.82, 2.24) is 0 Å². The summed E-state index contributed by atoms with van der Waals surface area (Å²) >= 11 is 0. The van der Waals surface area contributed by atoms with Crippen LogP contribution in [0.15, 0.2) is 122 Å². The SMILES string of the molecule is CC/C=C\C/C=C\C/C=C\C/C=C\CCCCCCCCCOCC(COC(=O)CCCCCCCCC/C=C\C/C=C\C/C=C\CC)OC(=O)CCCCCCCCC/C=C\C/C=C\C/C=C\CC. The Labute approximate surface area is 433 Å². The summed E-state index contributed by atoms with van der Waals surface area (Å²) in [6.07, 6.45) is 83.6. The molecule has 0 N–H and O–H groups in total. The number of rotatable bonds is 52. The molecule has 0 bridgehead atoms. The molecule has 0 heterocycles. The Balaban J connectivity index is 4.35. The first-order valence-corrected chi connectivity index (χ1v) is 29.1.